The number of fused-ring (bicyclic) bond motifs is 1. The summed E-state index contributed by atoms with van der Waals surface area (Å²) in [6.07, 6.45) is 14.3. The molecule has 1 atom stereocenters. The minimum absolute atomic E-state index is 0.00116. The van der Waals surface area contributed by atoms with Crippen LogP contribution in [0.2, 0.25) is 0 Å². The fourth-order valence-electron chi connectivity index (χ4n) is 9.61. The number of piperazine rings is 2. The number of likely N-dealkylation sites (N-methyl/N-ethyl adjacent to an activating group) is 1. The maximum absolute atomic E-state index is 12.1. The van der Waals surface area contributed by atoms with Crippen molar-refractivity contribution >= 4 is 93.4 Å². The van der Waals surface area contributed by atoms with Crippen LogP contribution < -0.4 is 5.32 Å². The molecule has 4 fully saturated rings. The van der Waals surface area contributed by atoms with Crippen molar-refractivity contribution < 1.29 is 45.2 Å². The monoisotopic (exact) mass is 1490 g/mol. The van der Waals surface area contributed by atoms with Crippen LogP contribution in [-0.2, 0) is 36.6 Å². The number of thiazole rings is 1. The normalized spacial score (nSPS) is 15.3. The number of esters is 1. The van der Waals surface area contributed by atoms with Gasteiger partial charge in [0.1, 0.15) is 10.6 Å². The number of amides is 2. The molecule has 31 heteroatoms. The van der Waals surface area contributed by atoms with E-state index in [1.54, 1.807) is 47.5 Å². The van der Waals surface area contributed by atoms with Gasteiger partial charge in [0.25, 0.3) is 21.8 Å². The molecule has 1 unspecified atom stereocenters. The number of hydrogen-bond donors (Lipinski definition) is 1. The van der Waals surface area contributed by atoms with E-state index in [1.165, 1.54) is 77.6 Å². The zero-order chi connectivity index (χ0) is 73.3. The van der Waals surface area contributed by atoms with Crippen molar-refractivity contribution in [3.8, 4) is 0 Å². The van der Waals surface area contributed by atoms with Crippen LogP contribution in [-0.4, -0.2) is 207 Å². The highest BCUT2D eigenvalue weighted by Crippen LogP contribution is 2.22. The van der Waals surface area contributed by atoms with Crippen LogP contribution in [0.4, 0.5) is 0 Å². The molecular weight excluding hydrogens is 1390 g/mol. The van der Waals surface area contributed by atoms with E-state index in [-0.39, 0.29) is 17.8 Å². The summed E-state index contributed by atoms with van der Waals surface area (Å²) in [5.74, 6) is 0.852. The Morgan fingerprint density at radius 1 is 0.600 bits per heavy atom. The lowest BCUT2D eigenvalue weighted by atomic mass is 10.2. The van der Waals surface area contributed by atoms with Gasteiger partial charge in [0, 0.05) is 124 Å². The quantitative estimate of drug-likeness (QED) is 0.138. The second kappa shape index (κ2) is 39.6. The van der Waals surface area contributed by atoms with Crippen molar-refractivity contribution in [1.82, 2.24) is 73.0 Å². The topological polar surface area (TPSA) is 273 Å². The van der Waals surface area contributed by atoms with Crippen LogP contribution in [0.5, 0.6) is 0 Å². The predicted octanol–water partition coefficient (Wildman–Crippen LogP) is 10.9. The molecule has 0 spiro atoms. The molecule has 9 aromatic heterocycles. The Hall–Kier alpha value is -7.59. The smallest absolute Gasteiger partial charge is 0.348 e. The van der Waals surface area contributed by atoms with Crippen LogP contribution >= 0.6 is 45.3 Å². The molecule has 1 aromatic carbocycles. The van der Waals surface area contributed by atoms with Gasteiger partial charge in [-0.05, 0) is 173 Å². The Morgan fingerprint density at radius 3 is 1.49 bits per heavy atom. The molecule has 4 saturated heterocycles. The first kappa shape index (κ1) is 81.4. The zero-order valence-corrected chi connectivity index (χ0v) is 65.1. The summed E-state index contributed by atoms with van der Waals surface area (Å²) in [6.45, 7) is 33.2. The number of carbonyl (C=O) groups is 3. The first-order valence-corrected chi connectivity index (χ1v) is 39.7. The molecule has 0 aliphatic carbocycles. The number of rotatable bonds is 8. The lowest BCUT2D eigenvalue weighted by molar-refractivity contribution is 0.0531. The van der Waals surface area contributed by atoms with Crippen molar-refractivity contribution in [2.45, 2.75) is 102 Å². The molecule has 0 radical (unpaired) electrons. The molecule has 4 aliphatic heterocycles. The van der Waals surface area contributed by atoms with Crippen molar-refractivity contribution in [2.24, 2.45) is 7.05 Å². The molecule has 25 nitrogen and oxygen atoms in total. The number of ether oxygens (including phenoxy) is 2. The number of aromatic nitrogens is 10. The number of hydrogen-bond acceptors (Lipinski definition) is 22. The summed E-state index contributed by atoms with van der Waals surface area (Å²) in [5.41, 5.74) is 10.8. The maximum Gasteiger partial charge on any atom is 0.348 e. The molecule has 0 saturated carbocycles. The highest BCUT2D eigenvalue weighted by atomic mass is 32.2. The number of nitrogens with one attached hydrogen (secondary N) is 1. The van der Waals surface area contributed by atoms with Gasteiger partial charge in [-0.3, -0.25) is 23.6 Å². The molecular formula is C69H97N15O10S6. The molecule has 100 heavy (non-hydrogen) atoms. The fraction of sp³-hybridized carbons (Fsp3) is 0.464. The Bertz CT molecular complexity index is 4320. The van der Waals surface area contributed by atoms with Gasteiger partial charge >= 0.3 is 5.97 Å². The molecule has 2 amide bonds. The Labute approximate surface area is 604 Å². The Morgan fingerprint density at radius 2 is 1.13 bits per heavy atom. The van der Waals surface area contributed by atoms with Crippen molar-refractivity contribution in [3.63, 3.8) is 0 Å². The van der Waals surface area contributed by atoms with Gasteiger partial charge in [-0.1, -0.05) is 11.2 Å². The second-order valence-corrected chi connectivity index (χ2v) is 33.0. The van der Waals surface area contributed by atoms with E-state index in [0.717, 1.165) is 117 Å². The second-order valence-electron chi connectivity index (χ2n) is 24.4. The highest BCUT2D eigenvalue weighted by Gasteiger charge is 2.28. The fourth-order valence-corrected chi connectivity index (χ4v) is 14.2. The van der Waals surface area contributed by atoms with Gasteiger partial charge in [-0.2, -0.15) is 28.8 Å². The Kier molecular flexibility index (Phi) is 32.2. The number of sulfonamides is 1. The summed E-state index contributed by atoms with van der Waals surface area (Å²) in [7, 11) is -2.27. The van der Waals surface area contributed by atoms with Crippen LogP contribution in [0.15, 0.2) is 114 Å². The van der Waals surface area contributed by atoms with Gasteiger partial charge in [0.15, 0.2) is 0 Å². The first-order valence-electron chi connectivity index (χ1n) is 32.6. The summed E-state index contributed by atoms with van der Waals surface area (Å²) in [4.78, 5) is 51.0. The lowest BCUT2D eigenvalue weighted by Gasteiger charge is -2.32. The predicted molar refractivity (Wildman–Crippen MR) is 399 cm³/mol. The third-order valence-corrected chi connectivity index (χ3v) is 21.2. The molecule has 1 N–H and O–H groups in total. The summed E-state index contributed by atoms with van der Waals surface area (Å²) < 4.78 is 68.5. The SMILES string of the molecule is CCOC(=O)c1ccc(C)s1.Cc1cc(C)n(C)n1.Cc1cc(C)on1.Cc1ccc(C(=O)N2CCN(C)CC2)s1.Cc1ccc(C(=O)N2CCN(S(C)(=O)=O)CC2)s1.Cc1ccc2ncsc2c1.Cc1cnn(C2CCOC2)c1.Cc1cnn(C2CNC2)c1.Cc1cnn(S(C)(=O)=O)c1. The molecule has 14 rings (SSSR count). The van der Waals surface area contributed by atoms with Gasteiger partial charge in [-0.25, -0.2) is 26.6 Å². The van der Waals surface area contributed by atoms with E-state index in [4.69, 9.17) is 14.0 Å². The highest BCUT2D eigenvalue weighted by molar-refractivity contribution is 7.89. The van der Waals surface area contributed by atoms with Crippen LogP contribution in [0.25, 0.3) is 10.2 Å². The van der Waals surface area contributed by atoms with Crippen LogP contribution in [0, 0.1) is 76.2 Å². The van der Waals surface area contributed by atoms with Crippen molar-refractivity contribution in [1.29, 1.82) is 0 Å². The maximum atomic E-state index is 12.1. The molecule has 0 bridgehead atoms. The number of nitrogens with zero attached hydrogens (tertiary/aromatic N) is 14. The first-order chi connectivity index (χ1) is 47.3. The van der Waals surface area contributed by atoms with E-state index in [0.29, 0.717) is 49.7 Å². The molecule has 4 aliphatic rings. The number of thiophene rings is 3. The van der Waals surface area contributed by atoms with Gasteiger partial charge < -0.3 is 34.0 Å². The van der Waals surface area contributed by atoms with E-state index in [2.05, 4.69) is 105 Å². The van der Waals surface area contributed by atoms with Crippen LogP contribution in [0.1, 0.15) is 114 Å². The minimum Gasteiger partial charge on any atom is -0.462 e. The standard InChI is InChI=1S/C11H16N2O3S2.C11H16N2OS.C8H12N2O.C8H7NS.C8H10O2S.C7H11N3.C6H10N2.C5H8N2O2S.C5H7NO/c1-9-3-4-10(17-9)11(14)12-5-7-13(8-6-12)18(2,15)16;1-9-3-4-10(15-9)11(14)13-7-5-12(2)6-8-13;1-7-4-9-10(5-7)8-2-3-11-6-8;1-6-2-3-7-8(4-6)10-5-9-7;1-3-10-8(9)7-5-4-6(2)11-7;1-6-2-9-10(5-6)7-3-8-4-7;1-5-4-6(2)8(3)7-5;1-5-3-6-7(4-5)10(2,8)9;1-4-3-5(2)7-6-4/h3-4H,5-8H2,1-2H3;3-4H,5-8H2,1-2H3;4-5,8H,2-3,6H2,1H3;2-5H,1H3;4-5H,3H2,1-2H3;2,5,7-8H,3-4H2,1H3;4H,1-3H3;3-4H,1-2H3;3H,1-2H3. The van der Waals surface area contributed by atoms with Gasteiger partial charge in [0.2, 0.25) is 10.0 Å². The number of aryl methyl sites for hydroxylation is 12. The third-order valence-electron chi connectivity index (χ3n) is 15.3. The van der Waals surface area contributed by atoms with Gasteiger partial charge in [0.05, 0.1) is 93.3 Å². The van der Waals surface area contributed by atoms with E-state index >= 15 is 0 Å². The van der Waals surface area contributed by atoms with E-state index < -0.39 is 20.0 Å². The largest absolute Gasteiger partial charge is 0.462 e. The summed E-state index contributed by atoms with van der Waals surface area (Å²) >= 11 is 6.21. The summed E-state index contributed by atoms with van der Waals surface area (Å²) in [6, 6.07) is 22.7. The van der Waals surface area contributed by atoms with Crippen molar-refractivity contribution in [3.05, 3.63) is 184 Å². The number of benzene rings is 1. The molecule has 13 heterocycles. The third kappa shape index (κ3) is 27.4. The van der Waals surface area contributed by atoms with E-state index in [9.17, 15) is 31.2 Å². The summed E-state index contributed by atoms with van der Waals surface area (Å²) in [5, 5.41) is 23.0. The minimum atomic E-state index is -3.18. The van der Waals surface area contributed by atoms with Crippen LogP contribution in [0.3, 0.4) is 0 Å². The molecule has 10 aromatic rings. The number of carbonyl (C=O) groups excluding carboxylic acids is 3. The molecule has 544 valence electrons. The van der Waals surface area contributed by atoms with E-state index in [1.807, 2.05) is 129 Å². The Balaban J connectivity index is 0.000000179. The lowest BCUT2D eigenvalue weighted by Crippen LogP contribution is -2.50. The zero-order valence-electron chi connectivity index (χ0n) is 60.2. The van der Waals surface area contributed by atoms with Crippen molar-refractivity contribution in [2.75, 3.05) is 105 Å². The average Bonchev–Trinajstić information content (AvgIpc) is 1.88. The van der Waals surface area contributed by atoms with Gasteiger partial charge in [-0.15, -0.1) is 45.3 Å². The average molecular weight is 1490 g/mol.